The SMILES string of the molecule is O=c1cc(Cc2ccc(F)cc2F)nc2c(-c3ccccn3)c[nH]n12. The fourth-order valence-electron chi connectivity index (χ4n) is 2.69. The molecule has 3 aromatic heterocycles. The van der Waals surface area contributed by atoms with Crippen LogP contribution in [0.4, 0.5) is 8.78 Å². The van der Waals surface area contributed by atoms with Crippen LogP contribution in [-0.2, 0) is 6.42 Å². The van der Waals surface area contributed by atoms with Gasteiger partial charge in [0.15, 0.2) is 5.65 Å². The summed E-state index contributed by atoms with van der Waals surface area (Å²) < 4.78 is 28.2. The van der Waals surface area contributed by atoms with Crippen molar-refractivity contribution in [3.63, 3.8) is 0 Å². The zero-order chi connectivity index (χ0) is 17.4. The number of aromatic nitrogens is 4. The van der Waals surface area contributed by atoms with Crippen LogP contribution >= 0.6 is 0 Å². The number of nitrogens with zero attached hydrogens (tertiary/aromatic N) is 3. The molecular formula is C18H12F2N4O. The second-order valence-electron chi connectivity index (χ2n) is 5.56. The Morgan fingerprint density at radius 3 is 2.76 bits per heavy atom. The average molecular weight is 338 g/mol. The van der Waals surface area contributed by atoms with E-state index in [1.165, 1.54) is 22.7 Å². The fraction of sp³-hybridized carbons (Fsp3) is 0.0556. The molecule has 25 heavy (non-hydrogen) atoms. The molecule has 1 N–H and O–H groups in total. The number of fused-ring (bicyclic) bond motifs is 1. The first-order chi connectivity index (χ1) is 12.1. The van der Waals surface area contributed by atoms with Crippen LogP contribution in [-0.4, -0.2) is 19.6 Å². The van der Waals surface area contributed by atoms with Gasteiger partial charge in [-0.25, -0.2) is 18.3 Å². The Bertz CT molecular complexity index is 1120. The largest absolute Gasteiger partial charge is 0.296 e. The summed E-state index contributed by atoms with van der Waals surface area (Å²) in [7, 11) is 0. The molecule has 0 amide bonds. The smallest absolute Gasteiger partial charge is 0.272 e. The molecule has 0 saturated heterocycles. The van der Waals surface area contributed by atoms with E-state index in [0.717, 1.165) is 6.07 Å². The Morgan fingerprint density at radius 2 is 2.00 bits per heavy atom. The van der Waals surface area contributed by atoms with E-state index in [1.54, 1.807) is 18.5 Å². The van der Waals surface area contributed by atoms with Gasteiger partial charge in [0.1, 0.15) is 11.6 Å². The molecule has 5 nitrogen and oxygen atoms in total. The first-order valence-corrected chi connectivity index (χ1v) is 7.57. The highest BCUT2D eigenvalue weighted by molar-refractivity contribution is 5.74. The van der Waals surface area contributed by atoms with Crippen molar-refractivity contribution in [1.29, 1.82) is 0 Å². The summed E-state index contributed by atoms with van der Waals surface area (Å²) in [6.07, 6.45) is 3.38. The van der Waals surface area contributed by atoms with Gasteiger partial charge >= 0.3 is 0 Å². The fourth-order valence-corrected chi connectivity index (χ4v) is 2.69. The predicted octanol–water partition coefficient (Wildman–Crippen LogP) is 2.95. The van der Waals surface area contributed by atoms with E-state index < -0.39 is 11.6 Å². The van der Waals surface area contributed by atoms with Gasteiger partial charge in [-0.2, -0.15) is 0 Å². The average Bonchev–Trinajstić information content (AvgIpc) is 3.03. The van der Waals surface area contributed by atoms with Gasteiger partial charge in [-0.05, 0) is 23.8 Å². The zero-order valence-electron chi connectivity index (χ0n) is 12.9. The molecule has 0 aliphatic rings. The summed E-state index contributed by atoms with van der Waals surface area (Å²) in [5.41, 5.74) is 2.09. The van der Waals surface area contributed by atoms with Crippen LogP contribution < -0.4 is 5.56 Å². The number of benzene rings is 1. The minimum Gasteiger partial charge on any atom is -0.296 e. The van der Waals surface area contributed by atoms with Crippen LogP contribution in [0.1, 0.15) is 11.3 Å². The van der Waals surface area contributed by atoms with Gasteiger partial charge in [0.2, 0.25) is 0 Å². The lowest BCUT2D eigenvalue weighted by Crippen LogP contribution is -2.16. The van der Waals surface area contributed by atoms with Crippen LogP contribution in [0.15, 0.2) is 59.7 Å². The van der Waals surface area contributed by atoms with E-state index in [9.17, 15) is 13.6 Å². The Hall–Kier alpha value is -3.35. The molecule has 4 rings (SSSR count). The summed E-state index contributed by atoms with van der Waals surface area (Å²) in [4.78, 5) is 21.0. The molecule has 0 aliphatic heterocycles. The molecule has 3 heterocycles. The van der Waals surface area contributed by atoms with Gasteiger partial charge < -0.3 is 0 Å². The molecule has 0 saturated carbocycles. The number of aromatic amines is 1. The maximum Gasteiger partial charge on any atom is 0.272 e. The molecule has 0 atom stereocenters. The third kappa shape index (κ3) is 2.80. The Morgan fingerprint density at radius 1 is 1.12 bits per heavy atom. The molecule has 7 heteroatoms. The molecule has 0 unspecified atom stereocenters. The van der Waals surface area contributed by atoms with E-state index in [0.29, 0.717) is 22.6 Å². The number of nitrogens with one attached hydrogen (secondary N) is 1. The number of H-pyrrole nitrogens is 1. The van der Waals surface area contributed by atoms with Crippen LogP contribution in [0, 0.1) is 11.6 Å². The maximum atomic E-state index is 13.9. The van der Waals surface area contributed by atoms with E-state index in [2.05, 4.69) is 15.1 Å². The summed E-state index contributed by atoms with van der Waals surface area (Å²) >= 11 is 0. The highest BCUT2D eigenvalue weighted by Crippen LogP contribution is 2.21. The molecule has 0 bridgehead atoms. The van der Waals surface area contributed by atoms with Gasteiger partial charge in [0.25, 0.3) is 5.56 Å². The molecule has 1 aromatic carbocycles. The molecule has 0 radical (unpaired) electrons. The first-order valence-electron chi connectivity index (χ1n) is 7.57. The van der Waals surface area contributed by atoms with Crippen LogP contribution in [0.25, 0.3) is 16.9 Å². The van der Waals surface area contributed by atoms with E-state index in [1.807, 2.05) is 12.1 Å². The monoisotopic (exact) mass is 338 g/mol. The standard InChI is InChI=1S/C18H12F2N4O/c19-12-5-4-11(15(20)8-12)7-13-9-17(25)24-18(23-13)14(10-22-24)16-3-1-2-6-21-16/h1-6,8-10,22H,7H2. The zero-order valence-corrected chi connectivity index (χ0v) is 12.9. The number of halogens is 2. The normalized spacial score (nSPS) is 11.1. The van der Waals surface area contributed by atoms with Crippen molar-refractivity contribution in [3.8, 4) is 11.3 Å². The van der Waals surface area contributed by atoms with E-state index >= 15 is 0 Å². The van der Waals surface area contributed by atoms with Crippen molar-refractivity contribution >= 4 is 5.65 Å². The second kappa shape index (κ2) is 5.94. The Kier molecular flexibility index (Phi) is 3.61. The van der Waals surface area contributed by atoms with Crippen molar-refractivity contribution < 1.29 is 8.78 Å². The first kappa shape index (κ1) is 15.2. The number of pyridine rings is 1. The highest BCUT2D eigenvalue weighted by Gasteiger charge is 2.13. The summed E-state index contributed by atoms with van der Waals surface area (Å²) in [5, 5.41) is 2.84. The highest BCUT2D eigenvalue weighted by atomic mass is 19.1. The molecule has 0 aliphatic carbocycles. The number of hydrogen-bond acceptors (Lipinski definition) is 3. The number of rotatable bonds is 3. The van der Waals surface area contributed by atoms with Gasteiger partial charge in [-0.1, -0.05) is 12.1 Å². The maximum absolute atomic E-state index is 13.9. The summed E-state index contributed by atoms with van der Waals surface area (Å²) in [6, 6.07) is 10.1. The Balaban J connectivity index is 1.82. The van der Waals surface area contributed by atoms with Crippen LogP contribution in [0.3, 0.4) is 0 Å². The molecule has 0 spiro atoms. The molecule has 124 valence electrons. The second-order valence-corrected chi connectivity index (χ2v) is 5.56. The van der Waals surface area contributed by atoms with E-state index in [-0.39, 0.29) is 17.5 Å². The molecule has 0 fully saturated rings. The lowest BCUT2D eigenvalue weighted by atomic mass is 10.1. The van der Waals surface area contributed by atoms with Crippen molar-refractivity contribution in [2.45, 2.75) is 6.42 Å². The van der Waals surface area contributed by atoms with Crippen LogP contribution in [0.2, 0.25) is 0 Å². The van der Waals surface area contributed by atoms with Crippen molar-refractivity contribution in [1.82, 2.24) is 19.6 Å². The predicted molar refractivity (Wildman–Crippen MR) is 88.2 cm³/mol. The van der Waals surface area contributed by atoms with E-state index in [4.69, 9.17) is 0 Å². The minimum absolute atomic E-state index is 0.0880. The van der Waals surface area contributed by atoms with Crippen molar-refractivity contribution in [2.24, 2.45) is 0 Å². The van der Waals surface area contributed by atoms with Crippen LogP contribution in [0.5, 0.6) is 0 Å². The van der Waals surface area contributed by atoms with Gasteiger partial charge in [0.05, 0.1) is 17.0 Å². The number of hydrogen-bond donors (Lipinski definition) is 1. The Labute approximate surface area is 140 Å². The third-order valence-electron chi connectivity index (χ3n) is 3.88. The van der Waals surface area contributed by atoms with Gasteiger partial charge in [-0.3, -0.25) is 14.9 Å². The quantitative estimate of drug-likeness (QED) is 0.625. The van der Waals surface area contributed by atoms with Crippen molar-refractivity contribution in [2.75, 3.05) is 0 Å². The summed E-state index contributed by atoms with van der Waals surface area (Å²) in [6.45, 7) is 0. The van der Waals surface area contributed by atoms with Gasteiger partial charge in [0, 0.05) is 30.9 Å². The molecular weight excluding hydrogens is 326 g/mol. The lowest BCUT2D eigenvalue weighted by molar-refractivity contribution is 0.574. The summed E-state index contributed by atoms with van der Waals surface area (Å²) in [5.74, 6) is -1.31. The minimum atomic E-state index is -0.666. The topological polar surface area (TPSA) is 63.0 Å². The van der Waals surface area contributed by atoms with Gasteiger partial charge in [-0.15, -0.1) is 0 Å². The molecule has 4 aromatic rings. The lowest BCUT2D eigenvalue weighted by Gasteiger charge is -2.04. The van der Waals surface area contributed by atoms with Crippen molar-refractivity contribution in [3.05, 3.63) is 88.1 Å². The third-order valence-corrected chi connectivity index (χ3v) is 3.88.